The molecule has 1 aromatic heterocycles. The molecule has 2 amide bonds. The lowest BCUT2D eigenvalue weighted by atomic mass is 9.75. The summed E-state index contributed by atoms with van der Waals surface area (Å²) in [6.45, 7) is 2.09. The largest absolute Gasteiger partial charge is 0.504 e. The normalized spacial score (nSPS) is 18.2. The number of ether oxygens (including phenoxy) is 2. The van der Waals surface area contributed by atoms with Gasteiger partial charge in [0.1, 0.15) is 5.76 Å². The van der Waals surface area contributed by atoms with Gasteiger partial charge >= 0.3 is 0 Å². The first-order chi connectivity index (χ1) is 17.2. The van der Waals surface area contributed by atoms with Gasteiger partial charge in [-0.3, -0.25) is 14.4 Å². The smallest absolute Gasteiger partial charge is 0.257 e. The van der Waals surface area contributed by atoms with Gasteiger partial charge in [-0.1, -0.05) is 0 Å². The van der Waals surface area contributed by atoms with E-state index in [2.05, 4.69) is 5.32 Å². The van der Waals surface area contributed by atoms with Crippen LogP contribution in [0.5, 0.6) is 23.0 Å². The topological polar surface area (TPSA) is 139 Å². The molecule has 0 atom stereocenters. The van der Waals surface area contributed by atoms with Gasteiger partial charge in [-0.25, -0.2) is 0 Å². The first-order valence-electron chi connectivity index (χ1n) is 11.8. The third-order valence-corrected chi connectivity index (χ3v) is 8.19. The number of rotatable bonds is 5. The maximum Gasteiger partial charge on any atom is 0.257 e. The number of thioether (sulfide) groups is 1. The number of carbonyl (C=O) groups is 2. The number of aryl methyl sites for hydroxylation is 1. The lowest BCUT2D eigenvalue weighted by molar-refractivity contribution is -0.122. The molecule has 192 valence electrons. The van der Waals surface area contributed by atoms with E-state index in [0.717, 1.165) is 11.5 Å². The summed E-state index contributed by atoms with van der Waals surface area (Å²) in [7, 11) is 1.66. The van der Waals surface area contributed by atoms with Crippen LogP contribution in [0.3, 0.4) is 0 Å². The van der Waals surface area contributed by atoms with Crippen LogP contribution in [-0.4, -0.2) is 58.8 Å². The number of benzene rings is 1. The molecule has 0 aliphatic carbocycles. The van der Waals surface area contributed by atoms with Gasteiger partial charge in [0.25, 0.3) is 5.91 Å². The lowest BCUT2D eigenvalue weighted by Gasteiger charge is -2.35. The molecule has 3 N–H and O–H groups in total. The Kier molecular flexibility index (Phi) is 6.27. The van der Waals surface area contributed by atoms with Crippen LogP contribution in [0, 0.1) is 6.92 Å². The van der Waals surface area contributed by atoms with Crippen LogP contribution in [-0.2, 0) is 23.2 Å². The van der Waals surface area contributed by atoms with Crippen LogP contribution in [0.4, 0.5) is 0 Å². The molecular formula is C25H28N2O8S. The van der Waals surface area contributed by atoms with Gasteiger partial charge in [0.2, 0.25) is 29.6 Å². The summed E-state index contributed by atoms with van der Waals surface area (Å²) in [5, 5.41) is 24.2. The van der Waals surface area contributed by atoms with Gasteiger partial charge in [-0.2, -0.15) is 11.8 Å². The molecule has 10 nitrogen and oxygen atoms in total. The van der Waals surface area contributed by atoms with E-state index < -0.39 is 16.6 Å². The van der Waals surface area contributed by atoms with Gasteiger partial charge in [0.05, 0.1) is 5.56 Å². The minimum Gasteiger partial charge on any atom is -0.504 e. The van der Waals surface area contributed by atoms with E-state index >= 15 is 0 Å². The predicted molar refractivity (Wildman–Crippen MR) is 131 cm³/mol. The van der Waals surface area contributed by atoms with Crippen LogP contribution in [0.15, 0.2) is 15.3 Å². The zero-order valence-corrected chi connectivity index (χ0v) is 21.0. The van der Waals surface area contributed by atoms with Crippen molar-refractivity contribution in [1.29, 1.82) is 0 Å². The highest BCUT2D eigenvalue weighted by atomic mass is 32.2. The van der Waals surface area contributed by atoms with E-state index in [4.69, 9.17) is 13.9 Å². The van der Waals surface area contributed by atoms with E-state index in [1.807, 2.05) is 0 Å². The van der Waals surface area contributed by atoms with Crippen LogP contribution < -0.4 is 20.2 Å². The van der Waals surface area contributed by atoms with Gasteiger partial charge in [0, 0.05) is 43.6 Å². The fourth-order valence-electron chi connectivity index (χ4n) is 5.25. The number of aromatic hydroxyl groups is 2. The summed E-state index contributed by atoms with van der Waals surface area (Å²) in [6, 6.07) is 1.24. The monoisotopic (exact) mass is 516 g/mol. The number of nitrogens with one attached hydrogen (secondary N) is 1. The van der Waals surface area contributed by atoms with Crippen molar-refractivity contribution < 1.29 is 33.7 Å². The third kappa shape index (κ3) is 4.04. The highest BCUT2D eigenvalue weighted by molar-refractivity contribution is 7.99. The predicted octanol–water partition coefficient (Wildman–Crippen LogP) is 2.19. The molecule has 1 saturated heterocycles. The Hall–Kier alpha value is -3.34. The number of amides is 2. The average Bonchev–Trinajstić information content (AvgIpc) is 3.34. The summed E-state index contributed by atoms with van der Waals surface area (Å²) in [4.78, 5) is 39.9. The van der Waals surface area contributed by atoms with Gasteiger partial charge < -0.3 is 34.3 Å². The molecule has 5 rings (SSSR count). The molecule has 1 aromatic carbocycles. The second kappa shape index (κ2) is 9.27. The van der Waals surface area contributed by atoms with Crippen LogP contribution in [0.2, 0.25) is 0 Å². The number of nitrogens with zero attached hydrogens (tertiary/aromatic N) is 1. The highest BCUT2D eigenvalue weighted by Crippen LogP contribution is 2.49. The quantitative estimate of drug-likeness (QED) is 0.546. The number of hydrogen-bond acceptors (Lipinski definition) is 9. The van der Waals surface area contributed by atoms with Gasteiger partial charge in [-0.15, -0.1) is 0 Å². The number of carbonyl (C=O) groups excluding carboxylic acids is 2. The zero-order chi connectivity index (χ0) is 25.6. The minimum absolute atomic E-state index is 0.0228. The Bertz CT molecular complexity index is 1300. The van der Waals surface area contributed by atoms with E-state index in [9.17, 15) is 24.6 Å². The van der Waals surface area contributed by atoms with E-state index in [-0.39, 0.29) is 54.4 Å². The maximum absolute atomic E-state index is 13.3. The number of phenolic OH excluding ortho intramolecular Hbond substituents is 1. The molecule has 0 saturated carbocycles. The zero-order valence-electron chi connectivity index (χ0n) is 20.1. The van der Waals surface area contributed by atoms with Crippen molar-refractivity contribution in [3.63, 3.8) is 0 Å². The molecule has 0 bridgehead atoms. The summed E-state index contributed by atoms with van der Waals surface area (Å²) < 4.78 is 16.9. The van der Waals surface area contributed by atoms with E-state index in [0.29, 0.717) is 48.4 Å². The Balaban J connectivity index is 1.44. The SMILES string of the molecule is Cc1cc(=O)c(O)c(C2(CC(=O)NCc3c4c(c(O)c5c3OCO5)C(=O)N(C)CC4)CCSCC2)o1. The number of phenols is 1. The summed E-state index contributed by atoms with van der Waals surface area (Å²) in [5.74, 6) is 1.21. The minimum atomic E-state index is -0.806. The van der Waals surface area contributed by atoms with Crippen molar-refractivity contribution in [2.24, 2.45) is 0 Å². The molecule has 36 heavy (non-hydrogen) atoms. The lowest BCUT2D eigenvalue weighted by Crippen LogP contribution is -2.39. The Morgan fingerprint density at radius 1 is 1.17 bits per heavy atom. The van der Waals surface area contributed by atoms with Crippen molar-refractivity contribution in [3.05, 3.63) is 44.5 Å². The number of fused-ring (bicyclic) bond motifs is 2. The fourth-order valence-corrected chi connectivity index (χ4v) is 6.53. The summed E-state index contributed by atoms with van der Waals surface area (Å²) in [6.07, 6.45) is 1.67. The molecule has 1 fully saturated rings. The molecule has 0 unspecified atom stereocenters. The first kappa shape index (κ1) is 24.4. The second-order valence-electron chi connectivity index (χ2n) is 9.47. The molecule has 4 heterocycles. The van der Waals surface area contributed by atoms with Gasteiger partial charge in [-0.05, 0) is 43.3 Å². The molecule has 3 aliphatic rings. The Morgan fingerprint density at radius 2 is 1.89 bits per heavy atom. The number of likely N-dealkylation sites (N-methyl/N-ethyl adjacent to an activating group) is 1. The van der Waals surface area contributed by atoms with Crippen molar-refractivity contribution in [3.8, 4) is 23.0 Å². The second-order valence-corrected chi connectivity index (χ2v) is 10.7. The third-order valence-electron chi connectivity index (χ3n) is 7.20. The molecule has 0 radical (unpaired) electrons. The standard InChI is InChI=1S/C25H28N2O8S/c1-13-9-16(28)19(30)23(35-13)25(4-7-36-8-5-25)10-17(29)26-11-15-14-3-6-27(2)24(32)18(14)20(31)22-21(15)33-12-34-22/h9,30-31H,3-8,10-12H2,1-2H3,(H,26,29). The number of hydrogen-bond donors (Lipinski definition) is 3. The van der Waals surface area contributed by atoms with Crippen molar-refractivity contribution >= 4 is 23.6 Å². The van der Waals surface area contributed by atoms with Crippen LogP contribution >= 0.6 is 11.8 Å². The highest BCUT2D eigenvalue weighted by Gasteiger charge is 2.42. The molecular weight excluding hydrogens is 488 g/mol. The molecule has 3 aliphatic heterocycles. The van der Waals surface area contributed by atoms with E-state index in [1.54, 1.807) is 25.7 Å². The summed E-state index contributed by atoms with van der Waals surface area (Å²) >= 11 is 1.75. The maximum atomic E-state index is 13.3. The first-order valence-corrected chi connectivity index (χ1v) is 13.0. The fraction of sp³-hybridized carbons (Fsp3) is 0.480. The Labute approximate surface area is 211 Å². The van der Waals surface area contributed by atoms with Crippen molar-refractivity contribution in [1.82, 2.24) is 10.2 Å². The average molecular weight is 517 g/mol. The van der Waals surface area contributed by atoms with E-state index in [1.165, 1.54) is 11.0 Å². The molecule has 2 aromatic rings. The Morgan fingerprint density at radius 3 is 2.64 bits per heavy atom. The molecule has 0 spiro atoms. The van der Waals surface area contributed by atoms with Crippen molar-refractivity contribution in [2.75, 3.05) is 31.9 Å². The summed E-state index contributed by atoms with van der Waals surface area (Å²) in [5.41, 5.74) is 0.0722. The molecule has 11 heteroatoms. The van der Waals surface area contributed by atoms with Gasteiger partial charge in [0.15, 0.2) is 17.3 Å². The van der Waals surface area contributed by atoms with Crippen LogP contribution in [0.25, 0.3) is 0 Å². The van der Waals surface area contributed by atoms with Crippen LogP contribution in [0.1, 0.15) is 52.3 Å². The van der Waals surface area contributed by atoms with Crippen molar-refractivity contribution in [2.45, 2.75) is 44.6 Å².